The summed E-state index contributed by atoms with van der Waals surface area (Å²) in [6.07, 6.45) is 1.74. The molecule has 0 atom stereocenters. The fourth-order valence-electron chi connectivity index (χ4n) is 2.05. The van der Waals surface area contributed by atoms with Gasteiger partial charge in [0.25, 0.3) is 0 Å². The summed E-state index contributed by atoms with van der Waals surface area (Å²) in [6, 6.07) is 8.30. The van der Waals surface area contributed by atoms with Crippen molar-refractivity contribution in [3.8, 4) is 0 Å². The van der Waals surface area contributed by atoms with Crippen LogP contribution in [0.5, 0.6) is 0 Å². The van der Waals surface area contributed by atoms with Crippen LogP contribution in [-0.2, 0) is 30.2 Å². The lowest BCUT2D eigenvalue weighted by Crippen LogP contribution is -2.37. The van der Waals surface area contributed by atoms with Gasteiger partial charge in [-0.15, -0.1) is 0 Å². The molecule has 2 rings (SSSR count). The van der Waals surface area contributed by atoms with Crippen LogP contribution < -0.4 is 15.8 Å². The van der Waals surface area contributed by atoms with E-state index in [1.807, 2.05) is 20.0 Å². The molecule has 0 bridgehead atoms. The molecular formula is C15H22N6O2S. The SMILES string of the molecule is CCNC(=NCc1ccc(S(N)(=O)=O)cc1)NCc1ccnn1C. The zero-order chi connectivity index (χ0) is 17.6. The Balaban J connectivity index is 2.01. The van der Waals surface area contributed by atoms with E-state index in [1.54, 1.807) is 23.0 Å². The van der Waals surface area contributed by atoms with Gasteiger partial charge >= 0.3 is 0 Å². The molecule has 24 heavy (non-hydrogen) atoms. The Morgan fingerprint density at radius 2 is 1.96 bits per heavy atom. The fourth-order valence-corrected chi connectivity index (χ4v) is 2.56. The number of nitrogens with zero attached hydrogens (tertiary/aromatic N) is 3. The second kappa shape index (κ2) is 7.93. The second-order valence-electron chi connectivity index (χ2n) is 5.18. The third-order valence-corrected chi connectivity index (χ3v) is 4.30. The van der Waals surface area contributed by atoms with E-state index in [0.717, 1.165) is 17.8 Å². The van der Waals surface area contributed by atoms with Gasteiger partial charge < -0.3 is 10.6 Å². The molecule has 0 aliphatic heterocycles. The summed E-state index contributed by atoms with van der Waals surface area (Å²) >= 11 is 0. The van der Waals surface area contributed by atoms with Gasteiger partial charge in [-0.1, -0.05) is 12.1 Å². The molecule has 0 saturated carbocycles. The predicted octanol–water partition coefficient (Wildman–Crippen LogP) is 0.323. The van der Waals surface area contributed by atoms with Crippen molar-refractivity contribution < 1.29 is 8.42 Å². The van der Waals surface area contributed by atoms with Crippen molar-refractivity contribution in [2.24, 2.45) is 17.2 Å². The highest BCUT2D eigenvalue weighted by Crippen LogP contribution is 2.09. The van der Waals surface area contributed by atoms with Crippen molar-refractivity contribution in [1.82, 2.24) is 20.4 Å². The number of rotatable bonds is 6. The van der Waals surface area contributed by atoms with Crippen LogP contribution in [0.3, 0.4) is 0 Å². The van der Waals surface area contributed by atoms with Crippen LogP contribution in [0, 0.1) is 0 Å². The fraction of sp³-hybridized carbons (Fsp3) is 0.333. The van der Waals surface area contributed by atoms with Crippen molar-refractivity contribution in [2.45, 2.75) is 24.9 Å². The molecule has 8 nitrogen and oxygen atoms in total. The first-order valence-corrected chi connectivity index (χ1v) is 9.05. The average molecular weight is 350 g/mol. The Bertz CT molecular complexity index is 796. The summed E-state index contributed by atoms with van der Waals surface area (Å²) in [5, 5.41) is 15.6. The maximum atomic E-state index is 11.2. The number of sulfonamides is 1. The summed E-state index contributed by atoms with van der Waals surface area (Å²) in [6.45, 7) is 3.75. The third-order valence-electron chi connectivity index (χ3n) is 3.38. The molecule has 0 aliphatic rings. The van der Waals surface area contributed by atoms with E-state index in [-0.39, 0.29) is 4.90 Å². The maximum absolute atomic E-state index is 11.2. The van der Waals surface area contributed by atoms with E-state index in [4.69, 9.17) is 5.14 Å². The Hall–Kier alpha value is -2.39. The molecular weight excluding hydrogens is 328 g/mol. The van der Waals surface area contributed by atoms with Crippen LogP contribution in [0.4, 0.5) is 0 Å². The minimum Gasteiger partial charge on any atom is -0.357 e. The summed E-state index contributed by atoms with van der Waals surface area (Å²) in [5.41, 5.74) is 1.93. The number of nitrogens with two attached hydrogens (primary N) is 1. The summed E-state index contributed by atoms with van der Waals surface area (Å²) in [7, 11) is -1.78. The molecule has 1 heterocycles. The largest absolute Gasteiger partial charge is 0.357 e. The molecule has 4 N–H and O–H groups in total. The lowest BCUT2D eigenvalue weighted by molar-refractivity contribution is 0.598. The lowest BCUT2D eigenvalue weighted by atomic mass is 10.2. The minimum atomic E-state index is -3.67. The molecule has 0 radical (unpaired) electrons. The van der Waals surface area contributed by atoms with Crippen LogP contribution in [-0.4, -0.2) is 30.7 Å². The zero-order valence-electron chi connectivity index (χ0n) is 13.7. The van der Waals surface area contributed by atoms with Crippen molar-refractivity contribution in [1.29, 1.82) is 0 Å². The summed E-state index contributed by atoms with van der Waals surface area (Å²) in [5.74, 6) is 0.675. The molecule has 0 saturated heterocycles. The van der Waals surface area contributed by atoms with E-state index in [1.165, 1.54) is 12.1 Å². The molecule has 1 aromatic carbocycles. The molecule has 1 aromatic heterocycles. The quantitative estimate of drug-likeness (QED) is 0.513. The van der Waals surface area contributed by atoms with Gasteiger partial charge in [-0.3, -0.25) is 4.68 Å². The van der Waals surface area contributed by atoms with E-state index in [0.29, 0.717) is 19.0 Å². The topological polar surface area (TPSA) is 114 Å². The summed E-state index contributed by atoms with van der Waals surface area (Å²) < 4.78 is 24.3. The number of aryl methyl sites for hydroxylation is 1. The van der Waals surface area contributed by atoms with Crippen LogP contribution in [0.1, 0.15) is 18.2 Å². The van der Waals surface area contributed by atoms with Gasteiger partial charge in [-0.2, -0.15) is 5.10 Å². The number of hydrogen-bond acceptors (Lipinski definition) is 4. The van der Waals surface area contributed by atoms with E-state index in [2.05, 4.69) is 20.7 Å². The highest BCUT2D eigenvalue weighted by atomic mass is 32.2. The molecule has 2 aromatic rings. The van der Waals surface area contributed by atoms with Gasteiger partial charge in [0, 0.05) is 19.8 Å². The van der Waals surface area contributed by atoms with E-state index in [9.17, 15) is 8.42 Å². The predicted molar refractivity (Wildman–Crippen MR) is 92.7 cm³/mol. The van der Waals surface area contributed by atoms with Crippen molar-refractivity contribution in [3.05, 3.63) is 47.8 Å². The monoisotopic (exact) mass is 350 g/mol. The molecule has 0 amide bonds. The standard InChI is InChI=1S/C15H22N6O2S/c1-3-17-15(19-11-13-8-9-20-21(13)2)18-10-12-4-6-14(7-5-12)24(16,22)23/h4-9H,3,10-11H2,1-2H3,(H2,16,22,23)(H2,17,18,19). The Labute approximate surface area is 141 Å². The molecule has 9 heteroatoms. The van der Waals surface area contributed by atoms with Gasteiger partial charge in [-0.25, -0.2) is 18.5 Å². The van der Waals surface area contributed by atoms with Gasteiger partial charge in [0.15, 0.2) is 5.96 Å². The summed E-state index contributed by atoms with van der Waals surface area (Å²) in [4.78, 5) is 4.58. The number of benzene rings is 1. The van der Waals surface area contributed by atoms with Gasteiger partial charge in [0.1, 0.15) is 0 Å². The molecule has 0 fully saturated rings. The normalized spacial score (nSPS) is 12.2. The first kappa shape index (κ1) is 18.0. The second-order valence-corrected chi connectivity index (χ2v) is 6.75. The number of nitrogens with one attached hydrogen (secondary N) is 2. The first-order chi connectivity index (χ1) is 11.4. The molecule has 130 valence electrons. The van der Waals surface area contributed by atoms with Crippen LogP contribution >= 0.6 is 0 Å². The number of guanidine groups is 1. The van der Waals surface area contributed by atoms with Gasteiger partial charge in [0.05, 0.1) is 23.7 Å². The van der Waals surface area contributed by atoms with Crippen LogP contribution in [0.2, 0.25) is 0 Å². The lowest BCUT2D eigenvalue weighted by Gasteiger charge is -2.11. The van der Waals surface area contributed by atoms with Crippen molar-refractivity contribution in [3.63, 3.8) is 0 Å². The van der Waals surface area contributed by atoms with Crippen LogP contribution in [0.25, 0.3) is 0 Å². The van der Waals surface area contributed by atoms with Crippen molar-refractivity contribution >= 4 is 16.0 Å². The molecule has 0 spiro atoms. The third kappa shape index (κ3) is 5.07. The average Bonchev–Trinajstić information content (AvgIpc) is 2.95. The van der Waals surface area contributed by atoms with Gasteiger partial charge in [-0.05, 0) is 30.7 Å². The molecule has 0 aliphatic carbocycles. The zero-order valence-corrected chi connectivity index (χ0v) is 14.5. The minimum absolute atomic E-state index is 0.0940. The number of aromatic nitrogens is 2. The molecule has 0 unspecified atom stereocenters. The highest BCUT2D eigenvalue weighted by molar-refractivity contribution is 7.89. The Morgan fingerprint density at radius 3 is 2.50 bits per heavy atom. The number of aliphatic imine (C=N–C) groups is 1. The van der Waals surface area contributed by atoms with E-state index >= 15 is 0 Å². The van der Waals surface area contributed by atoms with Crippen LogP contribution in [0.15, 0.2) is 46.4 Å². The van der Waals surface area contributed by atoms with Crippen molar-refractivity contribution in [2.75, 3.05) is 6.54 Å². The highest BCUT2D eigenvalue weighted by Gasteiger charge is 2.06. The maximum Gasteiger partial charge on any atom is 0.238 e. The smallest absolute Gasteiger partial charge is 0.238 e. The number of hydrogen-bond donors (Lipinski definition) is 3. The van der Waals surface area contributed by atoms with E-state index < -0.39 is 10.0 Å². The van der Waals surface area contributed by atoms with Gasteiger partial charge in [0.2, 0.25) is 10.0 Å². The Kier molecular flexibility index (Phi) is 5.93. The first-order valence-electron chi connectivity index (χ1n) is 7.51. The number of primary sulfonamides is 1. The Morgan fingerprint density at radius 1 is 1.25 bits per heavy atom.